The first kappa shape index (κ1) is 15.3. The number of nitrogens with one attached hydrogen (secondary N) is 1. The lowest BCUT2D eigenvalue weighted by Crippen LogP contribution is -2.29. The second kappa shape index (κ2) is 7.09. The van der Waals surface area contributed by atoms with Crippen LogP contribution in [0.15, 0.2) is 47.4 Å². The summed E-state index contributed by atoms with van der Waals surface area (Å²) in [5.74, 6) is 6.12. The Hall–Kier alpha value is -1.07. The van der Waals surface area contributed by atoms with E-state index in [1.54, 1.807) is 23.9 Å². The molecule has 1 unspecified atom stereocenters. The van der Waals surface area contributed by atoms with Gasteiger partial charge in [0.15, 0.2) is 0 Å². The lowest BCUT2D eigenvalue weighted by Gasteiger charge is -2.16. The van der Waals surface area contributed by atoms with Gasteiger partial charge in [0.05, 0.1) is 6.04 Å². The minimum absolute atomic E-state index is 0.0110. The van der Waals surface area contributed by atoms with Crippen molar-refractivity contribution in [3.63, 3.8) is 0 Å². The standard InChI is InChI=1S/C15H16ClFN2S/c1-10-2-3-11(8-14(10)16)15(19-18)9-20-13-6-4-12(17)5-7-13/h2-8,15,19H,9,18H2,1H3. The van der Waals surface area contributed by atoms with Crippen LogP contribution in [-0.4, -0.2) is 5.75 Å². The maximum atomic E-state index is 12.8. The molecule has 106 valence electrons. The van der Waals surface area contributed by atoms with Crippen LogP contribution in [0.4, 0.5) is 4.39 Å². The highest BCUT2D eigenvalue weighted by Gasteiger charge is 2.11. The Bertz CT molecular complexity index is 575. The summed E-state index contributed by atoms with van der Waals surface area (Å²) in [5.41, 5.74) is 4.87. The van der Waals surface area contributed by atoms with Gasteiger partial charge in [0.1, 0.15) is 5.82 Å². The average Bonchev–Trinajstić information content (AvgIpc) is 2.45. The molecule has 0 amide bonds. The normalized spacial score (nSPS) is 12.4. The number of halogens is 2. The van der Waals surface area contributed by atoms with Crippen LogP contribution < -0.4 is 11.3 Å². The third kappa shape index (κ3) is 3.96. The van der Waals surface area contributed by atoms with Crippen LogP contribution >= 0.6 is 23.4 Å². The third-order valence-corrected chi connectivity index (χ3v) is 4.54. The van der Waals surface area contributed by atoms with Crippen molar-refractivity contribution in [3.8, 4) is 0 Å². The topological polar surface area (TPSA) is 38.0 Å². The van der Waals surface area contributed by atoms with Gasteiger partial charge in [-0.05, 0) is 48.4 Å². The quantitative estimate of drug-likeness (QED) is 0.496. The molecule has 0 saturated heterocycles. The van der Waals surface area contributed by atoms with Crippen molar-refractivity contribution < 1.29 is 4.39 Å². The highest BCUT2D eigenvalue weighted by molar-refractivity contribution is 7.99. The van der Waals surface area contributed by atoms with E-state index < -0.39 is 0 Å². The van der Waals surface area contributed by atoms with Crippen LogP contribution in [0.25, 0.3) is 0 Å². The molecule has 2 aromatic carbocycles. The van der Waals surface area contributed by atoms with E-state index in [2.05, 4.69) is 5.43 Å². The largest absolute Gasteiger partial charge is 0.271 e. The molecule has 3 N–H and O–H groups in total. The molecule has 0 aliphatic rings. The summed E-state index contributed by atoms with van der Waals surface area (Å²) in [6, 6.07) is 12.3. The van der Waals surface area contributed by atoms with E-state index in [9.17, 15) is 4.39 Å². The zero-order valence-corrected chi connectivity index (χ0v) is 12.6. The van der Waals surface area contributed by atoms with Crippen molar-refractivity contribution in [1.82, 2.24) is 5.43 Å². The van der Waals surface area contributed by atoms with Crippen LogP contribution in [0.5, 0.6) is 0 Å². The molecule has 0 fully saturated rings. The third-order valence-electron chi connectivity index (χ3n) is 3.03. The number of hydrogen-bond donors (Lipinski definition) is 2. The lowest BCUT2D eigenvalue weighted by atomic mass is 10.1. The number of hydrogen-bond acceptors (Lipinski definition) is 3. The molecule has 0 bridgehead atoms. The van der Waals surface area contributed by atoms with Gasteiger partial charge in [0.2, 0.25) is 0 Å². The van der Waals surface area contributed by atoms with Gasteiger partial charge in [-0.25, -0.2) is 4.39 Å². The maximum Gasteiger partial charge on any atom is 0.123 e. The summed E-state index contributed by atoms with van der Waals surface area (Å²) in [6.07, 6.45) is 0. The minimum Gasteiger partial charge on any atom is -0.271 e. The van der Waals surface area contributed by atoms with E-state index in [1.807, 2.05) is 25.1 Å². The molecule has 2 nitrogen and oxygen atoms in total. The predicted octanol–water partition coefficient (Wildman–Crippen LogP) is 4.08. The van der Waals surface area contributed by atoms with Crippen molar-refractivity contribution in [2.24, 2.45) is 5.84 Å². The maximum absolute atomic E-state index is 12.8. The Labute approximate surface area is 127 Å². The summed E-state index contributed by atoms with van der Waals surface area (Å²) in [5, 5.41) is 0.731. The molecule has 0 radical (unpaired) electrons. The molecule has 5 heteroatoms. The van der Waals surface area contributed by atoms with Gasteiger partial charge in [0.25, 0.3) is 0 Å². The SMILES string of the molecule is Cc1ccc(C(CSc2ccc(F)cc2)NN)cc1Cl. The van der Waals surface area contributed by atoms with Crippen LogP contribution in [-0.2, 0) is 0 Å². The van der Waals surface area contributed by atoms with Gasteiger partial charge in [0, 0.05) is 15.7 Å². The first-order chi connectivity index (χ1) is 9.60. The van der Waals surface area contributed by atoms with Crippen LogP contribution in [0.2, 0.25) is 5.02 Å². The Morgan fingerprint density at radius 2 is 1.95 bits per heavy atom. The molecule has 20 heavy (non-hydrogen) atoms. The number of rotatable bonds is 5. The highest BCUT2D eigenvalue weighted by atomic mass is 35.5. The molecule has 1 atom stereocenters. The summed E-state index contributed by atoms with van der Waals surface area (Å²) < 4.78 is 12.8. The zero-order valence-electron chi connectivity index (χ0n) is 11.1. The summed E-state index contributed by atoms with van der Waals surface area (Å²) in [6.45, 7) is 1.96. The van der Waals surface area contributed by atoms with E-state index >= 15 is 0 Å². The monoisotopic (exact) mass is 310 g/mol. The van der Waals surface area contributed by atoms with Gasteiger partial charge in [-0.2, -0.15) is 0 Å². The summed E-state index contributed by atoms with van der Waals surface area (Å²) >= 11 is 7.75. The molecule has 0 aliphatic carbocycles. The molecular weight excluding hydrogens is 295 g/mol. The molecule has 0 spiro atoms. The molecule has 0 aromatic heterocycles. The van der Waals surface area contributed by atoms with Gasteiger partial charge in [-0.3, -0.25) is 11.3 Å². The number of benzene rings is 2. The van der Waals surface area contributed by atoms with Crippen LogP contribution in [0.3, 0.4) is 0 Å². The Balaban J connectivity index is 2.05. The fourth-order valence-corrected chi connectivity index (χ4v) is 2.94. The Morgan fingerprint density at radius 3 is 2.55 bits per heavy atom. The van der Waals surface area contributed by atoms with E-state index in [0.29, 0.717) is 0 Å². The summed E-state index contributed by atoms with van der Waals surface area (Å²) in [4.78, 5) is 1.00. The fourth-order valence-electron chi connectivity index (χ4n) is 1.78. The van der Waals surface area contributed by atoms with Crippen molar-refractivity contribution in [3.05, 3.63) is 64.4 Å². The zero-order chi connectivity index (χ0) is 14.5. The van der Waals surface area contributed by atoms with E-state index in [4.69, 9.17) is 17.4 Å². The minimum atomic E-state index is -0.229. The lowest BCUT2D eigenvalue weighted by molar-refractivity contribution is 0.610. The van der Waals surface area contributed by atoms with Gasteiger partial charge in [-0.1, -0.05) is 23.7 Å². The van der Waals surface area contributed by atoms with Crippen molar-refractivity contribution in [2.75, 3.05) is 5.75 Å². The van der Waals surface area contributed by atoms with E-state index in [-0.39, 0.29) is 11.9 Å². The molecule has 0 heterocycles. The summed E-state index contributed by atoms with van der Waals surface area (Å²) in [7, 11) is 0. The highest BCUT2D eigenvalue weighted by Crippen LogP contribution is 2.27. The second-order valence-electron chi connectivity index (χ2n) is 4.49. The van der Waals surface area contributed by atoms with Crippen molar-refractivity contribution in [2.45, 2.75) is 17.9 Å². The van der Waals surface area contributed by atoms with E-state index in [0.717, 1.165) is 26.8 Å². The van der Waals surface area contributed by atoms with Crippen LogP contribution in [0.1, 0.15) is 17.2 Å². The molecular formula is C15H16ClFN2S. The first-order valence-corrected chi connectivity index (χ1v) is 7.57. The first-order valence-electron chi connectivity index (χ1n) is 6.20. The van der Waals surface area contributed by atoms with Crippen LogP contribution in [0, 0.1) is 12.7 Å². The van der Waals surface area contributed by atoms with Gasteiger partial charge < -0.3 is 0 Å². The van der Waals surface area contributed by atoms with E-state index in [1.165, 1.54) is 12.1 Å². The number of aryl methyl sites for hydroxylation is 1. The molecule has 0 aliphatic heterocycles. The molecule has 0 saturated carbocycles. The predicted molar refractivity (Wildman–Crippen MR) is 83.4 cm³/mol. The number of nitrogens with two attached hydrogens (primary N) is 1. The average molecular weight is 311 g/mol. The molecule has 2 aromatic rings. The van der Waals surface area contributed by atoms with Crippen molar-refractivity contribution >= 4 is 23.4 Å². The second-order valence-corrected chi connectivity index (χ2v) is 5.99. The number of hydrazine groups is 1. The van der Waals surface area contributed by atoms with Crippen molar-refractivity contribution in [1.29, 1.82) is 0 Å². The smallest absolute Gasteiger partial charge is 0.123 e. The van der Waals surface area contributed by atoms with Gasteiger partial charge >= 0.3 is 0 Å². The molecule has 2 rings (SSSR count). The Kier molecular flexibility index (Phi) is 5.43. The fraction of sp³-hybridized carbons (Fsp3) is 0.200. The number of thioether (sulfide) groups is 1. The van der Waals surface area contributed by atoms with Gasteiger partial charge in [-0.15, -0.1) is 11.8 Å². The Morgan fingerprint density at radius 1 is 1.25 bits per heavy atom.